The topological polar surface area (TPSA) is 150 Å². The molecular weight excluding hydrogens is 386 g/mol. The average molecular weight is 411 g/mol. The first-order chi connectivity index (χ1) is 14.4. The van der Waals surface area contributed by atoms with E-state index in [1.54, 1.807) is 49.6 Å². The lowest BCUT2D eigenvalue weighted by Gasteiger charge is -2.15. The van der Waals surface area contributed by atoms with Gasteiger partial charge in [-0.2, -0.15) is 0 Å². The molecule has 0 aliphatic heterocycles. The highest BCUT2D eigenvalue weighted by Crippen LogP contribution is 2.39. The van der Waals surface area contributed by atoms with E-state index in [9.17, 15) is 14.4 Å². The van der Waals surface area contributed by atoms with Gasteiger partial charge in [0.1, 0.15) is 11.8 Å². The third kappa shape index (κ3) is 5.05. The second-order valence-corrected chi connectivity index (χ2v) is 7.12. The zero-order valence-electron chi connectivity index (χ0n) is 16.6. The Morgan fingerprint density at radius 2 is 1.90 bits per heavy atom. The van der Waals surface area contributed by atoms with Crippen molar-refractivity contribution in [3.63, 3.8) is 0 Å². The molecular formula is C21H25N5O4. The highest BCUT2D eigenvalue weighted by Gasteiger charge is 2.48. The number of anilines is 1. The lowest BCUT2D eigenvalue weighted by molar-refractivity contribution is -0.145. The van der Waals surface area contributed by atoms with Crippen LogP contribution in [0.5, 0.6) is 0 Å². The van der Waals surface area contributed by atoms with E-state index in [0.717, 1.165) is 5.56 Å². The number of ether oxygens (including phenoxy) is 1. The first-order valence-electron chi connectivity index (χ1n) is 9.73. The number of esters is 1. The Morgan fingerprint density at radius 3 is 2.50 bits per heavy atom. The Morgan fingerprint density at radius 1 is 1.20 bits per heavy atom. The molecule has 1 aliphatic rings. The quantitative estimate of drug-likeness (QED) is 0.240. The molecule has 1 heterocycles. The molecule has 9 nitrogen and oxygen atoms in total. The van der Waals surface area contributed by atoms with Gasteiger partial charge in [-0.3, -0.25) is 19.8 Å². The molecule has 2 aromatic rings. The molecule has 1 fully saturated rings. The Labute approximate surface area is 173 Å². The van der Waals surface area contributed by atoms with Crippen LogP contribution in [0, 0.1) is 17.2 Å². The molecule has 9 heteroatoms. The van der Waals surface area contributed by atoms with Gasteiger partial charge in [0.15, 0.2) is 0 Å². The SMILES string of the molecule is CCOC(=O)C(CNC(=O)C1CC1C(=O)Nc1ccc(C(=N)N)cc1)c1cc[nH]c1. The highest BCUT2D eigenvalue weighted by molar-refractivity contribution is 6.00. The number of amides is 2. The lowest BCUT2D eigenvalue weighted by atomic mass is 10.0. The molecule has 1 saturated carbocycles. The molecule has 3 atom stereocenters. The second kappa shape index (κ2) is 9.25. The number of aromatic amines is 1. The third-order valence-corrected chi connectivity index (χ3v) is 5.00. The number of hydrogen-bond acceptors (Lipinski definition) is 5. The molecule has 2 amide bonds. The van der Waals surface area contributed by atoms with Gasteiger partial charge in [0, 0.05) is 30.2 Å². The molecule has 158 valence electrons. The standard InChI is InChI=1S/C21H25N5O4/c1-2-30-21(29)17(13-7-8-24-10-13)11-25-19(27)15-9-16(15)20(28)26-14-5-3-12(4-6-14)18(22)23/h3-8,10,15-17,24H,2,9,11H2,1H3,(H3,22,23)(H,25,27)(H,26,28). The number of nitrogens with two attached hydrogens (primary N) is 1. The number of carbonyl (C=O) groups excluding carboxylic acids is 3. The van der Waals surface area contributed by atoms with Crippen LogP contribution in [0.4, 0.5) is 5.69 Å². The number of carbonyl (C=O) groups is 3. The van der Waals surface area contributed by atoms with E-state index in [1.165, 1.54) is 0 Å². The molecule has 0 radical (unpaired) electrons. The molecule has 1 aromatic carbocycles. The van der Waals surface area contributed by atoms with Crippen molar-refractivity contribution in [3.8, 4) is 0 Å². The van der Waals surface area contributed by atoms with Gasteiger partial charge in [0.2, 0.25) is 11.8 Å². The van der Waals surface area contributed by atoms with E-state index >= 15 is 0 Å². The van der Waals surface area contributed by atoms with Crippen molar-refractivity contribution in [1.82, 2.24) is 10.3 Å². The third-order valence-electron chi connectivity index (χ3n) is 5.00. The number of nitrogen functional groups attached to an aromatic ring is 1. The molecule has 3 unspecified atom stereocenters. The summed E-state index contributed by atoms with van der Waals surface area (Å²) < 4.78 is 5.10. The number of aromatic nitrogens is 1. The van der Waals surface area contributed by atoms with Gasteiger partial charge in [0.05, 0.1) is 18.4 Å². The molecule has 6 N–H and O–H groups in total. The van der Waals surface area contributed by atoms with E-state index in [2.05, 4.69) is 15.6 Å². The number of benzene rings is 1. The lowest BCUT2D eigenvalue weighted by Crippen LogP contribution is -2.34. The van der Waals surface area contributed by atoms with Gasteiger partial charge >= 0.3 is 5.97 Å². The van der Waals surface area contributed by atoms with Crippen LogP contribution in [-0.2, 0) is 19.1 Å². The maximum absolute atomic E-state index is 12.5. The Kier molecular flexibility index (Phi) is 6.51. The first kappa shape index (κ1) is 21.1. The zero-order chi connectivity index (χ0) is 21.7. The minimum Gasteiger partial charge on any atom is -0.465 e. The minimum atomic E-state index is -0.606. The summed E-state index contributed by atoms with van der Waals surface area (Å²) in [6.07, 6.45) is 3.85. The van der Waals surface area contributed by atoms with Crippen molar-refractivity contribution in [2.75, 3.05) is 18.5 Å². The summed E-state index contributed by atoms with van der Waals surface area (Å²) in [4.78, 5) is 40.0. The summed E-state index contributed by atoms with van der Waals surface area (Å²) in [5.41, 5.74) is 7.28. The van der Waals surface area contributed by atoms with Gasteiger partial charge in [-0.1, -0.05) is 0 Å². The Hall–Kier alpha value is -3.62. The van der Waals surface area contributed by atoms with Crippen LogP contribution < -0.4 is 16.4 Å². The van der Waals surface area contributed by atoms with Gasteiger partial charge < -0.3 is 26.1 Å². The molecule has 0 bridgehead atoms. The van der Waals surface area contributed by atoms with E-state index in [0.29, 0.717) is 17.7 Å². The molecule has 1 aromatic heterocycles. The van der Waals surface area contributed by atoms with E-state index in [1.807, 2.05) is 0 Å². The predicted octanol–water partition coefficient (Wildman–Crippen LogP) is 1.34. The summed E-state index contributed by atoms with van der Waals surface area (Å²) in [6, 6.07) is 8.37. The highest BCUT2D eigenvalue weighted by atomic mass is 16.5. The maximum atomic E-state index is 12.5. The Balaban J connectivity index is 1.51. The number of rotatable bonds is 9. The van der Waals surface area contributed by atoms with Crippen molar-refractivity contribution in [2.45, 2.75) is 19.3 Å². The molecule has 3 rings (SSSR count). The van der Waals surface area contributed by atoms with E-state index in [4.69, 9.17) is 15.9 Å². The minimum absolute atomic E-state index is 0.0485. The smallest absolute Gasteiger partial charge is 0.315 e. The van der Waals surface area contributed by atoms with Crippen molar-refractivity contribution in [3.05, 3.63) is 53.9 Å². The molecule has 0 spiro atoms. The number of hydrogen-bond donors (Lipinski definition) is 5. The summed E-state index contributed by atoms with van der Waals surface area (Å²) >= 11 is 0. The van der Waals surface area contributed by atoms with Crippen LogP contribution in [0.2, 0.25) is 0 Å². The van der Waals surface area contributed by atoms with Gasteiger partial charge in [-0.25, -0.2) is 0 Å². The van der Waals surface area contributed by atoms with E-state index in [-0.39, 0.29) is 30.8 Å². The number of H-pyrrole nitrogens is 1. The van der Waals surface area contributed by atoms with Crippen LogP contribution >= 0.6 is 0 Å². The van der Waals surface area contributed by atoms with E-state index < -0.39 is 23.7 Å². The summed E-state index contributed by atoms with van der Waals surface area (Å²) in [5.74, 6) is -2.39. The fourth-order valence-corrected chi connectivity index (χ4v) is 3.21. The predicted molar refractivity (Wildman–Crippen MR) is 111 cm³/mol. The van der Waals surface area contributed by atoms with Crippen LogP contribution in [0.15, 0.2) is 42.7 Å². The van der Waals surface area contributed by atoms with Crippen LogP contribution in [0.25, 0.3) is 0 Å². The van der Waals surface area contributed by atoms with Crippen LogP contribution in [0.3, 0.4) is 0 Å². The fraction of sp³-hybridized carbons (Fsp3) is 0.333. The van der Waals surface area contributed by atoms with Gasteiger partial charge in [0.25, 0.3) is 0 Å². The normalized spacial score (nSPS) is 18.2. The van der Waals surface area contributed by atoms with Crippen molar-refractivity contribution in [1.29, 1.82) is 5.41 Å². The first-order valence-corrected chi connectivity index (χ1v) is 9.73. The van der Waals surface area contributed by atoms with Crippen LogP contribution in [0.1, 0.15) is 30.4 Å². The van der Waals surface area contributed by atoms with Crippen molar-refractivity contribution >= 4 is 29.3 Å². The van der Waals surface area contributed by atoms with Crippen molar-refractivity contribution < 1.29 is 19.1 Å². The zero-order valence-corrected chi connectivity index (χ0v) is 16.6. The molecule has 1 aliphatic carbocycles. The molecule has 0 saturated heterocycles. The van der Waals surface area contributed by atoms with Gasteiger partial charge in [-0.15, -0.1) is 0 Å². The monoisotopic (exact) mass is 411 g/mol. The maximum Gasteiger partial charge on any atom is 0.315 e. The van der Waals surface area contributed by atoms with Crippen LogP contribution in [-0.4, -0.2) is 41.8 Å². The van der Waals surface area contributed by atoms with Gasteiger partial charge in [-0.05, 0) is 49.2 Å². The number of nitrogens with one attached hydrogen (secondary N) is 4. The Bertz CT molecular complexity index is 923. The van der Waals surface area contributed by atoms with Crippen molar-refractivity contribution in [2.24, 2.45) is 17.6 Å². The summed E-state index contributed by atoms with van der Waals surface area (Å²) in [7, 11) is 0. The molecule has 30 heavy (non-hydrogen) atoms. The number of amidine groups is 1. The largest absolute Gasteiger partial charge is 0.465 e. The fourth-order valence-electron chi connectivity index (χ4n) is 3.21. The average Bonchev–Trinajstić information content (AvgIpc) is 3.36. The summed E-state index contributed by atoms with van der Waals surface area (Å²) in [5, 5.41) is 12.9. The summed E-state index contributed by atoms with van der Waals surface area (Å²) in [6.45, 7) is 2.09. The second-order valence-electron chi connectivity index (χ2n) is 7.12.